The number of hydrogen-bond acceptors (Lipinski definition) is 5. The number of rotatable bonds is 4. The van der Waals surface area contributed by atoms with Gasteiger partial charge in [0.2, 0.25) is 11.8 Å². The molecule has 0 aromatic rings. The lowest BCUT2D eigenvalue weighted by molar-refractivity contribution is -0.133. The highest BCUT2D eigenvalue weighted by Crippen LogP contribution is 2.25. The Morgan fingerprint density at radius 3 is 2.54 bits per heavy atom. The minimum atomic E-state index is -1.49. The molecule has 3 aliphatic rings. The highest BCUT2D eigenvalue weighted by molar-refractivity contribution is 6.43. The van der Waals surface area contributed by atoms with Crippen molar-refractivity contribution in [3.8, 4) is 0 Å². The van der Waals surface area contributed by atoms with Gasteiger partial charge in [-0.1, -0.05) is 19.3 Å². The average Bonchev–Trinajstić information content (AvgIpc) is 3.24. The maximum atomic E-state index is 12.6. The molecule has 2 amide bonds. The zero-order valence-electron chi connectivity index (χ0n) is 14.1. The SMILES string of the molecule is O=C(N[C@@H]1CN[C@H](C(=O)N2CCC[C@H]2B(O)O)C1)C1CCCCC1. The van der Waals surface area contributed by atoms with Gasteiger partial charge in [0.1, 0.15) is 0 Å². The molecule has 3 atom stereocenters. The van der Waals surface area contributed by atoms with Crippen molar-refractivity contribution >= 4 is 18.9 Å². The van der Waals surface area contributed by atoms with Crippen LogP contribution in [0, 0.1) is 5.92 Å². The Bertz CT molecular complexity index is 470. The summed E-state index contributed by atoms with van der Waals surface area (Å²) in [6.07, 6.45) is 7.40. The van der Waals surface area contributed by atoms with Crippen molar-refractivity contribution in [1.29, 1.82) is 0 Å². The molecule has 1 saturated carbocycles. The number of nitrogens with one attached hydrogen (secondary N) is 2. The van der Waals surface area contributed by atoms with Crippen LogP contribution in [-0.2, 0) is 9.59 Å². The number of hydrogen-bond donors (Lipinski definition) is 4. The molecule has 134 valence electrons. The molecule has 3 fully saturated rings. The molecule has 0 bridgehead atoms. The van der Waals surface area contributed by atoms with E-state index in [0.717, 1.165) is 32.1 Å². The van der Waals surface area contributed by atoms with Crippen LogP contribution in [0.3, 0.4) is 0 Å². The maximum Gasteiger partial charge on any atom is 0.475 e. The fraction of sp³-hybridized carbons (Fsp3) is 0.875. The highest BCUT2D eigenvalue weighted by Gasteiger charge is 2.41. The summed E-state index contributed by atoms with van der Waals surface area (Å²) < 4.78 is 0. The molecule has 24 heavy (non-hydrogen) atoms. The normalized spacial score (nSPS) is 31.2. The highest BCUT2D eigenvalue weighted by atomic mass is 16.4. The molecule has 4 N–H and O–H groups in total. The molecule has 0 radical (unpaired) electrons. The van der Waals surface area contributed by atoms with E-state index in [1.54, 1.807) is 4.90 Å². The number of amides is 2. The predicted octanol–water partition coefficient (Wildman–Crippen LogP) is -0.584. The third-order valence-electron chi connectivity index (χ3n) is 5.68. The van der Waals surface area contributed by atoms with E-state index in [1.165, 1.54) is 6.42 Å². The predicted molar refractivity (Wildman–Crippen MR) is 89.8 cm³/mol. The fourth-order valence-corrected chi connectivity index (χ4v) is 4.29. The first-order valence-corrected chi connectivity index (χ1v) is 9.26. The largest absolute Gasteiger partial charge is 0.475 e. The summed E-state index contributed by atoms with van der Waals surface area (Å²) in [5.41, 5.74) is 0. The molecule has 0 aromatic heterocycles. The average molecular weight is 337 g/mol. The monoisotopic (exact) mass is 337 g/mol. The van der Waals surface area contributed by atoms with Gasteiger partial charge >= 0.3 is 7.12 Å². The van der Waals surface area contributed by atoms with Crippen LogP contribution in [0.1, 0.15) is 51.4 Å². The van der Waals surface area contributed by atoms with Crippen molar-refractivity contribution in [2.45, 2.75) is 69.4 Å². The third-order valence-corrected chi connectivity index (χ3v) is 5.68. The van der Waals surface area contributed by atoms with Crippen LogP contribution >= 0.6 is 0 Å². The first-order chi connectivity index (χ1) is 11.6. The summed E-state index contributed by atoms with van der Waals surface area (Å²) in [5, 5.41) is 25.1. The van der Waals surface area contributed by atoms with E-state index in [1.807, 2.05) is 0 Å². The van der Waals surface area contributed by atoms with E-state index in [2.05, 4.69) is 10.6 Å². The fourth-order valence-electron chi connectivity index (χ4n) is 4.29. The quantitative estimate of drug-likeness (QED) is 0.514. The second-order valence-corrected chi connectivity index (χ2v) is 7.39. The first-order valence-electron chi connectivity index (χ1n) is 9.26. The number of likely N-dealkylation sites (tertiary alicyclic amines) is 1. The topological polar surface area (TPSA) is 102 Å². The van der Waals surface area contributed by atoms with E-state index in [4.69, 9.17) is 0 Å². The molecule has 7 nitrogen and oxygen atoms in total. The zero-order chi connectivity index (χ0) is 17.1. The Kier molecular flexibility index (Phi) is 5.78. The summed E-state index contributed by atoms with van der Waals surface area (Å²) in [4.78, 5) is 26.5. The van der Waals surface area contributed by atoms with Gasteiger partial charge in [0.25, 0.3) is 0 Å². The van der Waals surface area contributed by atoms with Crippen molar-refractivity contribution in [2.24, 2.45) is 5.92 Å². The second-order valence-electron chi connectivity index (χ2n) is 7.39. The summed E-state index contributed by atoms with van der Waals surface area (Å²) >= 11 is 0. The lowest BCUT2D eigenvalue weighted by Gasteiger charge is -2.27. The Labute approximate surface area is 143 Å². The van der Waals surface area contributed by atoms with Crippen LogP contribution in [0.25, 0.3) is 0 Å². The Morgan fingerprint density at radius 1 is 1.08 bits per heavy atom. The van der Waals surface area contributed by atoms with Gasteiger partial charge < -0.3 is 25.6 Å². The number of carbonyl (C=O) groups is 2. The molecule has 2 aliphatic heterocycles. The molecular formula is C16H28BN3O4. The first kappa shape index (κ1) is 17.7. The van der Waals surface area contributed by atoms with Crippen molar-refractivity contribution in [3.63, 3.8) is 0 Å². The Hall–Kier alpha value is -1.12. The van der Waals surface area contributed by atoms with Crippen LogP contribution < -0.4 is 10.6 Å². The molecule has 0 spiro atoms. The van der Waals surface area contributed by atoms with Crippen LogP contribution in [-0.4, -0.2) is 65.0 Å². The lowest BCUT2D eigenvalue weighted by atomic mass is 9.77. The standard InChI is InChI=1S/C16H28BN3O4/c21-15(11-5-2-1-3-6-11)19-12-9-13(18-10-12)16(22)20-8-4-7-14(20)17(23)24/h11-14,18,23-24H,1-10H2,(H,19,21)/t12-,13-,14-/m0/s1. The van der Waals surface area contributed by atoms with Crippen LogP contribution in [0.15, 0.2) is 0 Å². The molecular weight excluding hydrogens is 309 g/mol. The van der Waals surface area contributed by atoms with Crippen molar-refractivity contribution in [1.82, 2.24) is 15.5 Å². The van der Waals surface area contributed by atoms with Gasteiger partial charge in [-0.3, -0.25) is 9.59 Å². The van der Waals surface area contributed by atoms with Crippen LogP contribution in [0.2, 0.25) is 0 Å². The Morgan fingerprint density at radius 2 is 1.83 bits per heavy atom. The maximum absolute atomic E-state index is 12.6. The molecule has 8 heteroatoms. The van der Waals surface area contributed by atoms with Gasteiger partial charge in [-0.25, -0.2) is 0 Å². The van der Waals surface area contributed by atoms with Crippen molar-refractivity contribution in [3.05, 3.63) is 0 Å². The summed E-state index contributed by atoms with van der Waals surface area (Å²) in [6.45, 7) is 1.16. The van der Waals surface area contributed by atoms with Crippen LogP contribution in [0.4, 0.5) is 0 Å². The smallest absolute Gasteiger partial charge is 0.426 e. The third kappa shape index (κ3) is 3.92. The number of nitrogens with zero attached hydrogens (tertiary/aromatic N) is 1. The van der Waals surface area contributed by atoms with Gasteiger partial charge in [0.05, 0.1) is 12.0 Å². The molecule has 3 rings (SSSR count). The summed E-state index contributed by atoms with van der Waals surface area (Å²) in [5.74, 6) is -0.337. The minimum absolute atomic E-state index is 0.0199. The van der Waals surface area contributed by atoms with E-state index in [0.29, 0.717) is 25.9 Å². The van der Waals surface area contributed by atoms with Crippen LogP contribution in [0.5, 0.6) is 0 Å². The van der Waals surface area contributed by atoms with E-state index in [9.17, 15) is 19.6 Å². The van der Waals surface area contributed by atoms with Gasteiger partial charge in [-0.05, 0) is 32.1 Å². The van der Waals surface area contributed by atoms with E-state index < -0.39 is 13.1 Å². The Balaban J connectivity index is 1.49. The van der Waals surface area contributed by atoms with Gasteiger partial charge in [-0.2, -0.15) is 0 Å². The van der Waals surface area contributed by atoms with E-state index >= 15 is 0 Å². The van der Waals surface area contributed by atoms with E-state index in [-0.39, 0.29) is 29.8 Å². The minimum Gasteiger partial charge on any atom is -0.426 e. The second kappa shape index (κ2) is 7.84. The lowest BCUT2D eigenvalue weighted by Crippen LogP contribution is -2.51. The van der Waals surface area contributed by atoms with Crippen molar-refractivity contribution in [2.75, 3.05) is 13.1 Å². The summed E-state index contributed by atoms with van der Waals surface area (Å²) in [6, 6.07) is -0.366. The number of carbonyl (C=O) groups excluding carboxylic acids is 2. The van der Waals surface area contributed by atoms with Gasteiger partial charge in [0, 0.05) is 25.0 Å². The molecule has 1 aliphatic carbocycles. The molecule has 0 aromatic carbocycles. The molecule has 0 unspecified atom stereocenters. The molecule has 2 heterocycles. The van der Waals surface area contributed by atoms with Gasteiger partial charge in [0.15, 0.2) is 0 Å². The van der Waals surface area contributed by atoms with Crippen molar-refractivity contribution < 1.29 is 19.6 Å². The molecule has 2 saturated heterocycles. The van der Waals surface area contributed by atoms with Gasteiger partial charge in [-0.15, -0.1) is 0 Å². The zero-order valence-corrected chi connectivity index (χ0v) is 14.1. The summed E-state index contributed by atoms with van der Waals surface area (Å²) in [7, 11) is -1.49.